The molecule has 1 atom stereocenters. The van der Waals surface area contributed by atoms with Gasteiger partial charge in [-0.15, -0.1) is 11.3 Å². The number of amides is 2. The highest BCUT2D eigenvalue weighted by Crippen LogP contribution is 2.37. The molecule has 1 unspecified atom stereocenters. The molecule has 0 N–H and O–H groups in total. The lowest BCUT2D eigenvalue weighted by molar-refractivity contribution is -0.135. The van der Waals surface area contributed by atoms with Gasteiger partial charge in [-0.25, -0.2) is 0 Å². The average molecular weight is 358 g/mol. The van der Waals surface area contributed by atoms with Crippen molar-refractivity contribution < 1.29 is 19.1 Å². The van der Waals surface area contributed by atoms with Crippen molar-refractivity contribution in [3.63, 3.8) is 0 Å². The lowest BCUT2D eigenvalue weighted by Gasteiger charge is -2.21. The average Bonchev–Trinajstić information content (AvgIpc) is 3.33. The molecule has 2 aliphatic heterocycles. The second kappa shape index (κ2) is 6.40. The molecule has 0 aliphatic carbocycles. The monoisotopic (exact) mass is 358 g/mol. The molecule has 6 nitrogen and oxygen atoms in total. The quantitative estimate of drug-likeness (QED) is 0.843. The number of carbonyl (C=O) groups is 2. The molecule has 2 amide bonds. The van der Waals surface area contributed by atoms with Gasteiger partial charge >= 0.3 is 0 Å². The minimum atomic E-state index is -0.317. The normalized spacial score (nSPS) is 18.7. The predicted molar refractivity (Wildman–Crippen MR) is 93.8 cm³/mol. The highest BCUT2D eigenvalue weighted by molar-refractivity contribution is 7.09. The maximum Gasteiger partial charge on any atom is 0.231 e. The number of carbonyl (C=O) groups excluding carboxylic acids is 2. The summed E-state index contributed by atoms with van der Waals surface area (Å²) >= 11 is 1.62. The highest BCUT2D eigenvalue weighted by Gasteiger charge is 2.37. The van der Waals surface area contributed by atoms with E-state index < -0.39 is 0 Å². The standard InChI is InChI=1S/C18H18N2O4S/c1-19(10-14-3-2-6-25-14)18(22)12-7-17(21)20(9-12)13-4-5-15-16(8-13)24-11-23-15/h2-6,8,12H,7,9-11H2,1H3. The number of thiophene rings is 1. The summed E-state index contributed by atoms with van der Waals surface area (Å²) in [6.45, 7) is 1.17. The SMILES string of the molecule is CN(Cc1cccs1)C(=O)C1CC(=O)N(c2ccc3c(c2)OCO3)C1. The Labute approximate surface area is 149 Å². The van der Waals surface area contributed by atoms with Gasteiger partial charge < -0.3 is 19.3 Å². The Morgan fingerprint density at radius 2 is 2.16 bits per heavy atom. The molecule has 1 aromatic carbocycles. The van der Waals surface area contributed by atoms with Crippen LogP contribution in [-0.4, -0.2) is 37.1 Å². The molecule has 25 heavy (non-hydrogen) atoms. The van der Waals surface area contributed by atoms with Crippen LogP contribution in [0, 0.1) is 5.92 Å². The summed E-state index contributed by atoms with van der Waals surface area (Å²) in [5.74, 6) is 0.961. The predicted octanol–water partition coefficient (Wildman–Crippen LogP) is 2.49. The van der Waals surface area contributed by atoms with Gasteiger partial charge in [-0.3, -0.25) is 9.59 Å². The first kappa shape index (κ1) is 16.0. The maximum atomic E-state index is 12.7. The lowest BCUT2D eigenvalue weighted by atomic mass is 10.1. The van der Waals surface area contributed by atoms with Crippen molar-refractivity contribution in [2.75, 3.05) is 25.3 Å². The second-order valence-electron chi connectivity index (χ2n) is 6.22. The summed E-state index contributed by atoms with van der Waals surface area (Å²) in [6, 6.07) is 9.39. The van der Waals surface area contributed by atoms with Crippen LogP contribution >= 0.6 is 11.3 Å². The van der Waals surface area contributed by atoms with E-state index in [1.807, 2.05) is 23.6 Å². The first-order chi connectivity index (χ1) is 12.1. The van der Waals surface area contributed by atoms with E-state index in [0.29, 0.717) is 24.6 Å². The first-order valence-corrected chi connectivity index (χ1v) is 8.97. The fourth-order valence-corrected chi connectivity index (χ4v) is 3.96. The van der Waals surface area contributed by atoms with Gasteiger partial charge in [0.25, 0.3) is 0 Å². The zero-order valence-electron chi connectivity index (χ0n) is 13.8. The Morgan fingerprint density at radius 1 is 1.32 bits per heavy atom. The van der Waals surface area contributed by atoms with Crippen LogP contribution in [0.15, 0.2) is 35.7 Å². The van der Waals surface area contributed by atoms with Crippen molar-refractivity contribution in [1.29, 1.82) is 0 Å². The van der Waals surface area contributed by atoms with E-state index in [1.165, 1.54) is 0 Å². The number of rotatable bonds is 4. The summed E-state index contributed by atoms with van der Waals surface area (Å²) in [5.41, 5.74) is 0.741. The molecule has 3 heterocycles. The number of ether oxygens (including phenoxy) is 2. The van der Waals surface area contributed by atoms with Gasteiger partial charge in [0, 0.05) is 36.6 Å². The van der Waals surface area contributed by atoms with Gasteiger partial charge in [-0.1, -0.05) is 6.07 Å². The molecule has 0 radical (unpaired) electrons. The van der Waals surface area contributed by atoms with Gasteiger partial charge in [0.15, 0.2) is 11.5 Å². The summed E-state index contributed by atoms with van der Waals surface area (Å²) < 4.78 is 10.7. The molecule has 0 saturated carbocycles. The Morgan fingerprint density at radius 3 is 2.96 bits per heavy atom. The van der Waals surface area contributed by atoms with Crippen molar-refractivity contribution in [2.24, 2.45) is 5.92 Å². The first-order valence-electron chi connectivity index (χ1n) is 8.09. The molecule has 2 aliphatic rings. The van der Waals surface area contributed by atoms with E-state index >= 15 is 0 Å². The van der Waals surface area contributed by atoms with Crippen LogP contribution in [0.1, 0.15) is 11.3 Å². The molecule has 1 saturated heterocycles. The van der Waals surface area contributed by atoms with Crippen molar-refractivity contribution >= 4 is 28.8 Å². The molecule has 7 heteroatoms. The van der Waals surface area contributed by atoms with Gasteiger partial charge in [0.05, 0.1) is 12.5 Å². The number of benzene rings is 1. The van der Waals surface area contributed by atoms with E-state index in [1.54, 1.807) is 40.3 Å². The Bertz CT molecular complexity index is 805. The van der Waals surface area contributed by atoms with Crippen LogP contribution in [0.25, 0.3) is 0 Å². The molecular weight excluding hydrogens is 340 g/mol. The number of anilines is 1. The van der Waals surface area contributed by atoms with Crippen molar-refractivity contribution in [3.8, 4) is 11.5 Å². The highest BCUT2D eigenvalue weighted by atomic mass is 32.1. The van der Waals surface area contributed by atoms with E-state index in [-0.39, 0.29) is 30.9 Å². The van der Waals surface area contributed by atoms with Crippen molar-refractivity contribution in [2.45, 2.75) is 13.0 Å². The zero-order chi connectivity index (χ0) is 17.4. The smallest absolute Gasteiger partial charge is 0.231 e. The molecule has 4 rings (SSSR count). The summed E-state index contributed by atoms with van der Waals surface area (Å²) in [6.07, 6.45) is 0.238. The van der Waals surface area contributed by atoms with E-state index in [9.17, 15) is 9.59 Å². The van der Waals surface area contributed by atoms with E-state index in [0.717, 1.165) is 10.6 Å². The molecule has 2 aromatic rings. The summed E-state index contributed by atoms with van der Waals surface area (Å²) in [7, 11) is 1.79. The van der Waals surface area contributed by atoms with E-state index in [2.05, 4.69) is 0 Å². The van der Waals surface area contributed by atoms with Crippen LogP contribution in [0.3, 0.4) is 0 Å². The molecule has 130 valence electrons. The van der Waals surface area contributed by atoms with Crippen LogP contribution in [0.2, 0.25) is 0 Å². The van der Waals surface area contributed by atoms with Gasteiger partial charge in [-0.05, 0) is 23.6 Å². The Hall–Kier alpha value is -2.54. The number of nitrogens with zero attached hydrogens (tertiary/aromatic N) is 2. The minimum Gasteiger partial charge on any atom is -0.454 e. The second-order valence-corrected chi connectivity index (χ2v) is 7.25. The van der Waals surface area contributed by atoms with E-state index in [4.69, 9.17) is 9.47 Å². The largest absolute Gasteiger partial charge is 0.454 e. The Balaban J connectivity index is 1.45. The molecule has 1 aromatic heterocycles. The van der Waals surface area contributed by atoms with Crippen LogP contribution < -0.4 is 14.4 Å². The van der Waals surface area contributed by atoms with Crippen molar-refractivity contribution in [3.05, 3.63) is 40.6 Å². The lowest BCUT2D eigenvalue weighted by Crippen LogP contribution is -2.34. The van der Waals surface area contributed by atoms with Crippen molar-refractivity contribution in [1.82, 2.24) is 4.90 Å². The van der Waals surface area contributed by atoms with Gasteiger partial charge in [0.1, 0.15) is 0 Å². The Kier molecular flexibility index (Phi) is 4.09. The third-order valence-electron chi connectivity index (χ3n) is 4.49. The van der Waals surface area contributed by atoms with Gasteiger partial charge in [0.2, 0.25) is 18.6 Å². The van der Waals surface area contributed by atoms with Crippen LogP contribution in [-0.2, 0) is 16.1 Å². The fraction of sp³-hybridized carbons (Fsp3) is 0.333. The third kappa shape index (κ3) is 3.07. The third-order valence-corrected chi connectivity index (χ3v) is 5.35. The van der Waals surface area contributed by atoms with Gasteiger partial charge in [-0.2, -0.15) is 0 Å². The zero-order valence-corrected chi connectivity index (χ0v) is 14.6. The summed E-state index contributed by atoms with van der Waals surface area (Å²) in [5, 5.41) is 1.99. The van der Waals surface area contributed by atoms with Crippen LogP contribution in [0.5, 0.6) is 11.5 Å². The number of hydrogen-bond donors (Lipinski definition) is 0. The number of hydrogen-bond acceptors (Lipinski definition) is 5. The molecular formula is C18H18N2O4S. The number of fused-ring (bicyclic) bond motifs is 1. The molecule has 0 spiro atoms. The minimum absolute atomic E-state index is 0.00462. The fourth-order valence-electron chi connectivity index (χ4n) is 3.20. The topological polar surface area (TPSA) is 59.1 Å². The maximum absolute atomic E-state index is 12.7. The molecule has 0 bridgehead atoms. The molecule has 1 fully saturated rings. The van der Waals surface area contributed by atoms with Crippen LogP contribution in [0.4, 0.5) is 5.69 Å². The summed E-state index contributed by atoms with van der Waals surface area (Å²) in [4.78, 5) is 29.6.